The average Bonchev–Trinajstić information content (AvgIpc) is 2.15. The first-order chi connectivity index (χ1) is 6.16. The molecule has 0 aliphatic carbocycles. The van der Waals surface area contributed by atoms with Crippen LogP contribution < -0.4 is 5.32 Å². The molecular weight excluding hydrogens is 238 g/mol. The molecule has 0 radical (unpaired) electrons. The highest BCUT2D eigenvalue weighted by atomic mass is 79.9. The molecule has 5 heteroatoms. The van der Waals surface area contributed by atoms with Gasteiger partial charge in [-0.3, -0.25) is 4.79 Å². The standard InChI is InChI=1S/C8H14BrNO3/c9-5-7(11)10-6-8(12)1-3-13-4-2-8/h12H,1-6H2,(H,10,11). The number of aliphatic hydroxyl groups is 1. The Bertz CT molecular complexity index is 180. The zero-order valence-corrected chi connectivity index (χ0v) is 8.97. The second-order valence-electron chi connectivity index (χ2n) is 3.25. The summed E-state index contributed by atoms with van der Waals surface area (Å²) in [5, 5.41) is 12.8. The molecule has 0 atom stereocenters. The minimum absolute atomic E-state index is 0.0973. The molecule has 76 valence electrons. The zero-order valence-electron chi connectivity index (χ0n) is 7.38. The predicted octanol–water partition coefficient (Wildman–Crippen LogP) is 0.0390. The van der Waals surface area contributed by atoms with E-state index < -0.39 is 5.60 Å². The fourth-order valence-electron chi connectivity index (χ4n) is 1.24. The maximum Gasteiger partial charge on any atom is 0.230 e. The molecule has 0 aromatic heterocycles. The lowest BCUT2D eigenvalue weighted by Gasteiger charge is -2.31. The first kappa shape index (κ1) is 10.9. The third kappa shape index (κ3) is 3.62. The van der Waals surface area contributed by atoms with E-state index in [1.165, 1.54) is 0 Å². The molecular formula is C8H14BrNO3. The Morgan fingerprint density at radius 3 is 2.69 bits per heavy atom. The van der Waals surface area contributed by atoms with Gasteiger partial charge in [-0.25, -0.2) is 0 Å². The van der Waals surface area contributed by atoms with Crippen LogP contribution in [-0.2, 0) is 9.53 Å². The van der Waals surface area contributed by atoms with Crippen LogP contribution in [0.4, 0.5) is 0 Å². The van der Waals surface area contributed by atoms with Gasteiger partial charge in [-0.15, -0.1) is 0 Å². The van der Waals surface area contributed by atoms with Crippen molar-refractivity contribution in [3.8, 4) is 0 Å². The topological polar surface area (TPSA) is 58.6 Å². The van der Waals surface area contributed by atoms with E-state index >= 15 is 0 Å². The molecule has 1 rings (SSSR count). The van der Waals surface area contributed by atoms with E-state index in [0.717, 1.165) is 0 Å². The molecule has 0 bridgehead atoms. The maximum absolute atomic E-state index is 10.9. The lowest BCUT2D eigenvalue weighted by Crippen LogP contribution is -2.46. The minimum atomic E-state index is -0.768. The maximum atomic E-state index is 10.9. The Hall–Kier alpha value is -0.130. The average molecular weight is 252 g/mol. The van der Waals surface area contributed by atoms with Crippen molar-refractivity contribution in [2.24, 2.45) is 0 Å². The first-order valence-corrected chi connectivity index (χ1v) is 5.41. The fourth-order valence-corrected chi connectivity index (χ4v) is 1.44. The number of alkyl halides is 1. The summed E-state index contributed by atoms with van der Waals surface area (Å²) >= 11 is 3.04. The molecule has 13 heavy (non-hydrogen) atoms. The summed E-state index contributed by atoms with van der Waals surface area (Å²) in [4.78, 5) is 10.9. The second kappa shape index (κ2) is 4.93. The monoisotopic (exact) mass is 251 g/mol. The van der Waals surface area contributed by atoms with Crippen LogP contribution in [0.15, 0.2) is 0 Å². The van der Waals surface area contributed by atoms with Crippen LogP contribution in [0.25, 0.3) is 0 Å². The lowest BCUT2D eigenvalue weighted by atomic mass is 9.94. The second-order valence-corrected chi connectivity index (χ2v) is 3.81. The molecule has 1 amide bonds. The largest absolute Gasteiger partial charge is 0.388 e. The highest BCUT2D eigenvalue weighted by Crippen LogP contribution is 2.18. The van der Waals surface area contributed by atoms with Gasteiger partial charge in [0, 0.05) is 32.6 Å². The molecule has 0 saturated carbocycles. The summed E-state index contributed by atoms with van der Waals surface area (Å²) < 4.78 is 5.12. The van der Waals surface area contributed by atoms with E-state index in [1.54, 1.807) is 0 Å². The van der Waals surface area contributed by atoms with Crippen molar-refractivity contribution in [3.05, 3.63) is 0 Å². The van der Waals surface area contributed by atoms with Gasteiger partial charge in [0.15, 0.2) is 0 Å². The van der Waals surface area contributed by atoms with Gasteiger partial charge in [0.1, 0.15) is 0 Å². The number of hydrogen-bond donors (Lipinski definition) is 2. The summed E-state index contributed by atoms with van der Waals surface area (Å²) in [5.41, 5.74) is -0.768. The normalized spacial score (nSPS) is 21.1. The summed E-state index contributed by atoms with van der Waals surface area (Å²) in [6.45, 7) is 1.46. The number of hydrogen-bond acceptors (Lipinski definition) is 3. The highest BCUT2D eigenvalue weighted by Gasteiger charge is 2.29. The fraction of sp³-hybridized carbons (Fsp3) is 0.875. The van der Waals surface area contributed by atoms with Crippen LogP contribution in [0.5, 0.6) is 0 Å². The van der Waals surface area contributed by atoms with E-state index in [1.807, 2.05) is 0 Å². The van der Waals surface area contributed by atoms with Gasteiger partial charge in [0.05, 0.1) is 10.9 Å². The van der Waals surface area contributed by atoms with E-state index in [2.05, 4.69) is 21.2 Å². The Labute approximate surface area is 85.8 Å². The molecule has 0 aromatic rings. The quantitative estimate of drug-likeness (QED) is 0.697. The van der Waals surface area contributed by atoms with Gasteiger partial charge in [-0.2, -0.15) is 0 Å². The molecule has 1 aliphatic heterocycles. The van der Waals surface area contributed by atoms with Crippen molar-refractivity contribution >= 4 is 21.8 Å². The minimum Gasteiger partial charge on any atom is -0.388 e. The van der Waals surface area contributed by atoms with Crippen LogP contribution >= 0.6 is 15.9 Å². The third-order valence-electron chi connectivity index (χ3n) is 2.16. The smallest absolute Gasteiger partial charge is 0.230 e. The van der Waals surface area contributed by atoms with Gasteiger partial charge >= 0.3 is 0 Å². The molecule has 2 N–H and O–H groups in total. The van der Waals surface area contributed by atoms with E-state index in [-0.39, 0.29) is 11.2 Å². The predicted molar refractivity (Wildman–Crippen MR) is 51.8 cm³/mol. The first-order valence-electron chi connectivity index (χ1n) is 4.29. The molecule has 1 saturated heterocycles. The number of rotatable bonds is 3. The Morgan fingerprint density at radius 2 is 2.15 bits per heavy atom. The van der Waals surface area contributed by atoms with Gasteiger partial charge in [-0.05, 0) is 0 Å². The van der Waals surface area contributed by atoms with Crippen LogP contribution in [0.2, 0.25) is 0 Å². The molecule has 0 spiro atoms. The Balaban J connectivity index is 2.28. The van der Waals surface area contributed by atoms with Crippen molar-refractivity contribution in [1.82, 2.24) is 5.32 Å². The number of carbonyl (C=O) groups excluding carboxylic acids is 1. The van der Waals surface area contributed by atoms with E-state index in [0.29, 0.717) is 32.6 Å². The number of halogens is 1. The Kier molecular flexibility index (Phi) is 4.15. The summed E-state index contributed by atoms with van der Waals surface area (Å²) in [7, 11) is 0. The van der Waals surface area contributed by atoms with Crippen molar-refractivity contribution in [2.75, 3.05) is 25.1 Å². The summed E-state index contributed by atoms with van der Waals surface area (Å²) in [5.74, 6) is -0.0973. The van der Waals surface area contributed by atoms with Crippen LogP contribution in [0, 0.1) is 0 Å². The Morgan fingerprint density at radius 1 is 1.54 bits per heavy atom. The lowest BCUT2D eigenvalue weighted by molar-refractivity contribution is -0.121. The van der Waals surface area contributed by atoms with Crippen molar-refractivity contribution in [1.29, 1.82) is 0 Å². The van der Waals surface area contributed by atoms with Crippen molar-refractivity contribution < 1.29 is 14.6 Å². The van der Waals surface area contributed by atoms with Gasteiger partial charge in [-0.1, -0.05) is 15.9 Å². The van der Waals surface area contributed by atoms with Crippen LogP contribution in [-0.4, -0.2) is 41.7 Å². The van der Waals surface area contributed by atoms with E-state index in [9.17, 15) is 9.90 Å². The molecule has 4 nitrogen and oxygen atoms in total. The summed E-state index contributed by atoms with van der Waals surface area (Å²) in [6.07, 6.45) is 1.19. The van der Waals surface area contributed by atoms with Gasteiger partial charge < -0.3 is 15.2 Å². The number of ether oxygens (including phenoxy) is 1. The molecule has 0 unspecified atom stereocenters. The highest BCUT2D eigenvalue weighted by molar-refractivity contribution is 9.09. The van der Waals surface area contributed by atoms with Crippen molar-refractivity contribution in [3.63, 3.8) is 0 Å². The number of carbonyl (C=O) groups is 1. The SMILES string of the molecule is O=C(CBr)NCC1(O)CCOCC1. The van der Waals surface area contributed by atoms with Crippen molar-refractivity contribution in [2.45, 2.75) is 18.4 Å². The van der Waals surface area contributed by atoms with Crippen LogP contribution in [0.3, 0.4) is 0 Å². The van der Waals surface area contributed by atoms with Crippen LogP contribution in [0.1, 0.15) is 12.8 Å². The molecule has 1 aliphatic rings. The number of amides is 1. The molecule has 1 heterocycles. The van der Waals surface area contributed by atoms with Gasteiger partial charge in [0.2, 0.25) is 5.91 Å². The third-order valence-corrected chi connectivity index (χ3v) is 2.67. The van der Waals surface area contributed by atoms with E-state index in [4.69, 9.17) is 4.74 Å². The molecule has 1 fully saturated rings. The zero-order chi connectivity index (χ0) is 9.73. The summed E-state index contributed by atoms with van der Waals surface area (Å²) in [6, 6.07) is 0. The molecule has 0 aromatic carbocycles. The number of nitrogens with one attached hydrogen (secondary N) is 1. The van der Waals surface area contributed by atoms with Gasteiger partial charge in [0.25, 0.3) is 0 Å².